The van der Waals surface area contributed by atoms with E-state index in [1.807, 2.05) is 0 Å². The molecule has 0 radical (unpaired) electrons. The predicted molar refractivity (Wildman–Crippen MR) is 120 cm³/mol. The second kappa shape index (κ2) is 9.43. The van der Waals surface area contributed by atoms with Gasteiger partial charge in [0, 0.05) is 16.9 Å². The lowest BCUT2D eigenvalue weighted by Gasteiger charge is -2.49. The number of aliphatic carboxylic acids is 1. The van der Waals surface area contributed by atoms with Gasteiger partial charge in [-0.3, -0.25) is 14.5 Å². The summed E-state index contributed by atoms with van der Waals surface area (Å²) < 4.78 is 4.63. The monoisotopic (exact) mass is 513 g/mol. The number of aromatic nitrogens is 3. The number of carbonyl (C=O) groups is 3. The smallest absolute Gasteiger partial charge is 0.352 e. The highest BCUT2D eigenvalue weighted by Gasteiger charge is 2.54. The molecule has 0 aliphatic carbocycles. The van der Waals surface area contributed by atoms with Gasteiger partial charge in [0.2, 0.25) is 0 Å². The summed E-state index contributed by atoms with van der Waals surface area (Å²) in [6, 6.07) is -0.903. The molecule has 1 fully saturated rings. The van der Waals surface area contributed by atoms with Crippen LogP contribution in [0.2, 0.25) is 0 Å². The van der Waals surface area contributed by atoms with Crippen LogP contribution in [0.5, 0.6) is 0 Å². The molecule has 2 aliphatic heterocycles. The van der Waals surface area contributed by atoms with Crippen LogP contribution >= 0.6 is 46.4 Å². The van der Waals surface area contributed by atoms with Crippen molar-refractivity contribution in [3.05, 3.63) is 28.5 Å². The van der Waals surface area contributed by atoms with Crippen LogP contribution in [0.3, 0.4) is 0 Å². The van der Waals surface area contributed by atoms with Crippen molar-refractivity contribution in [2.24, 2.45) is 5.16 Å². The second-order valence-electron chi connectivity index (χ2n) is 6.34. The van der Waals surface area contributed by atoms with E-state index in [1.165, 1.54) is 47.1 Å². The minimum absolute atomic E-state index is 0.0488. The molecule has 4 rings (SSSR count). The third-order valence-electron chi connectivity index (χ3n) is 4.43. The van der Waals surface area contributed by atoms with Crippen LogP contribution in [0.1, 0.15) is 5.69 Å². The van der Waals surface area contributed by atoms with Gasteiger partial charge < -0.3 is 21.0 Å². The fourth-order valence-corrected chi connectivity index (χ4v) is 6.53. The molecule has 4 heterocycles. The van der Waals surface area contributed by atoms with E-state index in [0.29, 0.717) is 17.1 Å². The van der Waals surface area contributed by atoms with Crippen LogP contribution in [0.15, 0.2) is 32.2 Å². The van der Waals surface area contributed by atoms with Crippen molar-refractivity contribution in [3.8, 4) is 0 Å². The summed E-state index contributed by atoms with van der Waals surface area (Å²) in [6.07, 6.45) is 1.60. The first-order valence-electron chi connectivity index (χ1n) is 8.84. The summed E-state index contributed by atoms with van der Waals surface area (Å²) >= 11 is 5.14. The van der Waals surface area contributed by atoms with E-state index in [1.54, 1.807) is 11.6 Å². The van der Waals surface area contributed by atoms with Crippen molar-refractivity contribution in [1.29, 1.82) is 0 Å². The Bertz CT molecular complexity index is 1120. The molecule has 1 saturated heterocycles. The zero-order valence-electron chi connectivity index (χ0n) is 16.3. The van der Waals surface area contributed by atoms with Crippen LogP contribution in [0.4, 0.5) is 5.13 Å². The van der Waals surface area contributed by atoms with E-state index in [-0.39, 0.29) is 22.2 Å². The van der Waals surface area contributed by atoms with Crippen molar-refractivity contribution in [2.75, 3.05) is 24.3 Å². The quantitative estimate of drug-likeness (QED) is 0.194. The number of thiazole rings is 1. The van der Waals surface area contributed by atoms with E-state index in [0.717, 1.165) is 15.5 Å². The lowest BCUT2D eigenvalue weighted by Crippen LogP contribution is -2.71. The van der Waals surface area contributed by atoms with Crippen molar-refractivity contribution in [2.45, 2.75) is 15.6 Å². The van der Waals surface area contributed by atoms with Crippen molar-refractivity contribution in [1.82, 2.24) is 24.8 Å². The molecule has 12 nitrogen and oxygen atoms in total. The number of hydrogen-bond acceptors (Lipinski definition) is 13. The number of thioether (sulfide) groups is 2. The fraction of sp³-hybridized carbons (Fsp3) is 0.312. The van der Waals surface area contributed by atoms with Crippen LogP contribution in [-0.2, 0) is 19.2 Å². The van der Waals surface area contributed by atoms with Gasteiger partial charge in [-0.15, -0.1) is 40.0 Å². The molecule has 0 saturated carbocycles. The number of rotatable bonds is 8. The Morgan fingerprint density at radius 3 is 2.94 bits per heavy atom. The molecule has 2 aromatic rings. The maximum atomic E-state index is 12.8. The number of carboxylic acid groups (broad SMARTS) is 1. The van der Waals surface area contributed by atoms with Gasteiger partial charge in [-0.1, -0.05) is 9.64 Å². The third-order valence-corrected chi connectivity index (χ3v) is 8.36. The molecule has 2 amide bonds. The second-order valence-corrected chi connectivity index (χ2v) is 10.4. The molecule has 4 N–H and O–H groups in total. The molecule has 32 heavy (non-hydrogen) atoms. The van der Waals surface area contributed by atoms with Crippen LogP contribution in [-0.4, -0.2) is 78.1 Å². The Morgan fingerprint density at radius 1 is 1.50 bits per heavy atom. The predicted octanol–water partition coefficient (Wildman–Crippen LogP) is 0.458. The first kappa shape index (κ1) is 22.5. The number of carboxylic acids is 1. The minimum atomic E-state index is -1.19. The van der Waals surface area contributed by atoms with Crippen molar-refractivity contribution >= 4 is 75.0 Å². The third kappa shape index (κ3) is 4.30. The van der Waals surface area contributed by atoms with E-state index in [4.69, 9.17) is 10.6 Å². The molecular formula is C16H15N7O5S4. The first-order chi connectivity index (χ1) is 15.4. The number of amides is 2. The van der Waals surface area contributed by atoms with Crippen LogP contribution in [0, 0.1) is 0 Å². The van der Waals surface area contributed by atoms with Gasteiger partial charge >= 0.3 is 5.97 Å². The number of carbonyl (C=O) groups excluding carboxylic acids is 2. The fourth-order valence-electron chi connectivity index (χ4n) is 3.08. The molecular weight excluding hydrogens is 498 g/mol. The minimum Gasteiger partial charge on any atom is -0.477 e. The molecule has 168 valence electrons. The molecule has 2 atom stereocenters. The van der Waals surface area contributed by atoms with Crippen molar-refractivity contribution < 1.29 is 24.3 Å². The highest BCUT2D eigenvalue weighted by molar-refractivity contribution is 8.01. The Labute approximate surface area is 197 Å². The van der Waals surface area contributed by atoms with E-state index in [9.17, 15) is 19.5 Å². The zero-order valence-corrected chi connectivity index (χ0v) is 19.5. The summed E-state index contributed by atoms with van der Waals surface area (Å²) in [6.45, 7) is 0. The lowest BCUT2D eigenvalue weighted by atomic mass is 10.0. The van der Waals surface area contributed by atoms with Crippen LogP contribution in [0.25, 0.3) is 0 Å². The summed E-state index contributed by atoms with van der Waals surface area (Å²) in [4.78, 5) is 47.5. The average molecular weight is 514 g/mol. The topological polar surface area (TPSA) is 173 Å². The molecule has 0 spiro atoms. The van der Waals surface area contributed by atoms with E-state index in [2.05, 4.69) is 25.0 Å². The highest BCUT2D eigenvalue weighted by atomic mass is 32.2. The summed E-state index contributed by atoms with van der Waals surface area (Å²) in [5.41, 5.74) is 6.28. The number of nitrogens with one attached hydrogen (secondary N) is 1. The number of nitrogens with two attached hydrogens (primary N) is 1. The Kier molecular flexibility index (Phi) is 6.63. The Hall–Kier alpha value is -2.69. The Balaban J connectivity index is 1.49. The van der Waals surface area contributed by atoms with Gasteiger partial charge in [0.1, 0.15) is 34.1 Å². The Morgan fingerprint density at radius 2 is 2.31 bits per heavy atom. The number of fused-ring (bicyclic) bond motifs is 1. The van der Waals surface area contributed by atoms with Gasteiger partial charge in [0.15, 0.2) is 10.8 Å². The summed E-state index contributed by atoms with van der Waals surface area (Å²) in [5.74, 6) is -1.57. The molecule has 16 heteroatoms. The number of oxime groups is 1. The average Bonchev–Trinajstić information content (AvgIpc) is 3.45. The molecule has 0 unspecified atom stereocenters. The maximum absolute atomic E-state index is 12.8. The SMILES string of the molecule is CON=C(C(=O)N[C@@H]1C(=O)N2C(C(=O)O)=C(CSc3cnns3)CS[C@H]12)c1csc(N)n1. The van der Waals surface area contributed by atoms with Gasteiger partial charge in [0.25, 0.3) is 11.8 Å². The number of nitrogen functional groups attached to an aromatic ring is 1. The molecule has 2 aromatic heterocycles. The van der Waals surface area contributed by atoms with E-state index >= 15 is 0 Å². The number of anilines is 1. The molecule has 2 aliphatic rings. The van der Waals surface area contributed by atoms with Gasteiger partial charge in [-0.05, 0) is 17.1 Å². The highest BCUT2D eigenvalue weighted by Crippen LogP contribution is 2.41. The number of hydrogen-bond donors (Lipinski definition) is 3. The standard InChI is InChI=1S/C16H15N7O5S4/c1-28-21-9(7-5-31-16(17)19-7)12(24)20-10-13(25)23-11(15(26)27)6(4-30-14(10)23)3-29-8-2-18-22-32-8/h2,5,10,14H,3-4H2,1H3,(H2,17,19)(H,20,24)(H,26,27)/t10-,14-/m1/s1. The summed E-state index contributed by atoms with van der Waals surface area (Å²) in [7, 11) is 1.28. The summed E-state index contributed by atoms with van der Waals surface area (Å²) in [5, 5.41) is 21.1. The largest absolute Gasteiger partial charge is 0.477 e. The van der Waals surface area contributed by atoms with Crippen molar-refractivity contribution in [3.63, 3.8) is 0 Å². The molecule has 0 aromatic carbocycles. The number of nitrogens with zero attached hydrogens (tertiary/aromatic N) is 5. The van der Waals surface area contributed by atoms with Gasteiger partial charge in [-0.2, -0.15) is 0 Å². The number of β-lactam (4-membered cyclic amide) rings is 1. The zero-order chi connectivity index (χ0) is 22.8. The van der Waals surface area contributed by atoms with Gasteiger partial charge in [-0.25, -0.2) is 9.78 Å². The van der Waals surface area contributed by atoms with Crippen LogP contribution < -0.4 is 11.1 Å². The normalized spacial score (nSPS) is 20.6. The van der Waals surface area contributed by atoms with E-state index < -0.39 is 29.2 Å². The maximum Gasteiger partial charge on any atom is 0.352 e. The first-order valence-corrected chi connectivity index (χ1v) is 12.5. The van der Waals surface area contributed by atoms with Gasteiger partial charge in [0.05, 0.1) is 6.20 Å². The molecule has 0 bridgehead atoms. The lowest BCUT2D eigenvalue weighted by molar-refractivity contribution is -0.150.